The van der Waals surface area contributed by atoms with Crippen molar-refractivity contribution in [3.8, 4) is 0 Å². The van der Waals surface area contributed by atoms with Crippen molar-refractivity contribution < 1.29 is 9.53 Å². The zero-order chi connectivity index (χ0) is 15.4. The molecule has 0 saturated carbocycles. The Morgan fingerprint density at radius 3 is 2.20 bits per heavy atom. The third-order valence-corrected chi connectivity index (χ3v) is 5.14. The maximum atomic E-state index is 11.5. The van der Waals surface area contributed by atoms with E-state index in [9.17, 15) is 4.79 Å². The van der Waals surface area contributed by atoms with Gasteiger partial charge in [-0.05, 0) is 19.8 Å². The molecule has 0 aliphatic carbocycles. The number of hydrogen-bond donors (Lipinski definition) is 0. The van der Waals surface area contributed by atoms with E-state index in [4.69, 9.17) is 26.9 Å². The Hall–Kier alpha value is 0.00688. The molecule has 5 heteroatoms. The van der Waals surface area contributed by atoms with Crippen LogP contribution in [0.3, 0.4) is 0 Å². The monoisotopic (exact) mass is 338 g/mol. The minimum absolute atomic E-state index is 0.137. The van der Waals surface area contributed by atoms with E-state index < -0.39 is 7.42 Å². The maximum Gasteiger partial charge on any atom is 0.333 e. The molecule has 20 heavy (non-hydrogen) atoms. The Balaban J connectivity index is 3.87. The third kappa shape index (κ3) is 11.8. The lowest BCUT2D eigenvalue weighted by Gasteiger charge is -2.18. The maximum absolute atomic E-state index is 11.5. The average molecular weight is 339 g/mol. The van der Waals surface area contributed by atoms with Gasteiger partial charge in [-0.3, -0.25) is 0 Å². The van der Waals surface area contributed by atoms with E-state index in [0.717, 1.165) is 12.8 Å². The SMILES string of the molecule is C=C(C)C(=O)OC(CCCCCCCCC)C[SiH](Cl)Cl. The molecule has 1 unspecified atom stereocenters. The first-order valence-electron chi connectivity index (χ1n) is 7.62. The van der Waals surface area contributed by atoms with Crippen molar-refractivity contribution in [3.63, 3.8) is 0 Å². The molecule has 118 valence electrons. The molecule has 0 aromatic carbocycles. The minimum atomic E-state index is -1.76. The summed E-state index contributed by atoms with van der Waals surface area (Å²) in [4.78, 5) is 11.5. The van der Waals surface area contributed by atoms with Crippen LogP contribution in [0.1, 0.15) is 65.2 Å². The van der Waals surface area contributed by atoms with E-state index in [0.29, 0.717) is 11.6 Å². The molecule has 0 saturated heterocycles. The fourth-order valence-electron chi connectivity index (χ4n) is 2.00. The summed E-state index contributed by atoms with van der Waals surface area (Å²) in [6.45, 7) is 7.47. The molecule has 0 spiro atoms. The molecular weight excluding hydrogens is 311 g/mol. The second-order valence-electron chi connectivity index (χ2n) is 5.34. The molecule has 0 rings (SSSR count). The van der Waals surface area contributed by atoms with Crippen molar-refractivity contribution in [1.29, 1.82) is 0 Å². The molecule has 0 heterocycles. The quantitative estimate of drug-likeness (QED) is 0.158. The predicted octanol–water partition coefficient (Wildman–Crippen LogP) is 5.31. The van der Waals surface area contributed by atoms with Gasteiger partial charge in [-0.1, -0.05) is 52.0 Å². The Kier molecular flexibility index (Phi) is 12.7. The van der Waals surface area contributed by atoms with Crippen molar-refractivity contribution in [2.24, 2.45) is 0 Å². The Morgan fingerprint density at radius 1 is 1.15 bits per heavy atom. The van der Waals surface area contributed by atoms with Crippen molar-refractivity contribution in [2.75, 3.05) is 0 Å². The van der Waals surface area contributed by atoms with Crippen LogP contribution in [-0.2, 0) is 9.53 Å². The zero-order valence-corrected chi connectivity index (χ0v) is 15.5. The summed E-state index contributed by atoms with van der Waals surface area (Å²) in [5.74, 6) is -0.332. The third-order valence-electron chi connectivity index (χ3n) is 3.19. The number of halogens is 2. The van der Waals surface area contributed by atoms with Crippen molar-refractivity contribution in [3.05, 3.63) is 12.2 Å². The first kappa shape index (κ1) is 20.0. The average Bonchev–Trinajstić information content (AvgIpc) is 2.36. The molecule has 0 radical (unpaired) electrons. The van der Waals surface area contributed by atoms with Crippen LogP contribution < -0.4 is 0 Å². The molecule has 0 aromatic heterocycles. The highest BCUT2D eigenvalue weighted by Crippen LogP contribution is 2.18. The molecule has 0 fully saturated rings. The molecule has 0 aromatic rings. The number of ether oxygens (including phenoxy) is 1. The highest BCUT2D eigenvalue weighted by molar-refractivity contribution is 7.33. The Morgan fingerprint density at radius 2 is 1.70 bits per heavy atom. The van der Waals surface area contributed by atoms with Crippen LogP contribution in [0.4, 0.5) is 0 Å². The van der Waals surface area contributed by atoms with E-state index >= 15 is 0 Å². The molecule has 0 amide bonds. The zero-order valence-electron chi connectivity index (χ0n) is 12.8. The standard InChI is InChI=1S/C15H28Cl2O2Si/c1-4-5-6-7-8-9-10-11-14(12-20(16)17)19-15(18)13(2)3/h14,20H,2,4-12H2,1,3H3. The summed E-state index contributed by atoms with van der Waals surface area (Å²) in [6.07, 6.45) is 9.44. The number of carbonyl (C=O) groups excluding carboxylic acids is 1. The van der Waals surface area contributed by atoms with Gasteiger partial charge in [-0.15, -0.1) is 0 Å². The van der Waals surface area contributed by atoms with E-state index in [2.05, 4.69) is 13.5 Å². The van der Waals surface area contributed by atoms with E-state index in [1.165, 1.54) is 38.5 Å². The number of rotatable bonds is 12. The van der Waals surface area contributed by atoms with Gasteiger partial charge in [0.15, 0.2) is 0 Å². The fraction of sp³-hybridized carbons (Fsp3) is 0.800. The topological polar surface area (TPSA) is 26.3 Å². The molecular formula is C15H28Cl2O2Si. The smallest absolute Gasteiger partial charge is 0.333 e. The van der Waals surface area contributed by atoms with Gasteiger partial charge >= 0.3 is 5.97 Å². The number of unbranched alkanes of at least 4 members (excludes halogenated alkanes) is 6. The summed E-state index contributed by atoms with van der Waals surface area (Å²) >= 11 is 11.8. The lowest BCUT2D eigenvalue weighted by Crippen LogP contribution is -2.21. The summed E-state index contributed by atoms with van der Waals surface area (Å²) in [6, 6.07) is 0.623. The van der Waals surface area contributed by atoms with Gasteiger partial charge in [0.05, 0.1) is 0 Å². The highest BCUT2D eigenvalue weighted by Gasteiger charge is 2.18. The summed E-state index contributed by atoms with van der Waals surface area (Å²) in [5.41, 5.74) is 0.428. The van der Waals surface area contributed by atoms with Crippen LogP contribution in [0.5, 0.6) is 0 Å². The summed E-state index contributed by atoms with van der Waals surface area (Å²) in [5, 5.41) is 0. The van der Waals surface area contributed by atoms with Gasteiger partial charge in [0.1, 0.15) is 6.10 Å². The van der Waals surface area contributed by atoms with Gasteiger partial charge < -0.3 is 4.74 Å². The van der Waals surface area contributed by atoms with Gasteiger partial charge in [-0.25, -0.2) is 4.79 Å². The molecule has 0 bridgehead atoms. The highest BCUT2D eigenvalue weighted by atomic mass is 35.7. The van der Waals surface area contributed by atoms with Gasteiger partial charge in [0, 0.05) is 11.6 Å². The number of esters is 1. The minimum Gasteiger partial charge on any atom is -0.459 e. The Bertz CT molecular complexity index is 283. The van der Waals surface area contributed by atoms with Crippen LogP contribution in [-0.4, -0.2) is 19.5 Å². The predicted molar refractivity (Wildman–Crippen MR) is 91.0 cm³/mol. The lowest BCUT2D eigenvalue weighted by molar-refractivity contribution is -0.143. The van der Waals surface area contributed by atoms with Gasteiger partial charge in [-0.2, -0.15) is 22.2 Å². The van der Waals surface area contributed by atoms with Gasteiger partial charge in [0.2, 0.25) is 7.42 Å². The first-order valence-corrected chi connectivity index (χ1v) is 11.9. The van der Waals surface area contributed by atoms with Gasteiger partial charge in [0.25, 0.3) is 0 Å². The normalized spacial score (nSPS) is 12.4. The molecule has 0 aliphatic rings. The second-order valence-corrected chi connectivity index (χ2v) is 10.4. The summed E-state index contributed by atoms with van der Waals surface area (Å²) < 4.78 is 5.40. The largest absolute Gasteiger partial charge is 0.459 e. The van der Waals surface area contributed by atoms with Crippen LogP contribution in [0.25, 0.3) is 0 Å². The number of hydrogen-bond acceptors (Lipinski definition) is 2. The molecule has 0 aliphatic heterocycles. The van der Waals surface area contributed by atoms with Crippen molar-refractivity contribution in [2.45, 2.75) is 77.4 Å². The second kappa shape index (κ2) is 12.7. The van der Waals surface area contributed by atoms with E-state index in [-0.39, 0.29) is 12.1 Å². The van der Waals surface area contributed by atoms with Crippen LogP contribution in [0.2, 0.25) is 6.04 Å². The van der Waals surface area contributed by atoms with E-state index in [1.807, 2.05) is 0 Å². The molecule has 1 atom stereocenters. The van der Waals surface area contributed by atoms with E-state index in [1.54, 1.807) is 6.92 Å². The van der Waals surface area contributed by atoms with Crippen molar-refractivity contribution >= 4 is 35.5 Å². The fourth-order valence-corrected chi connectivity index (χ4v) is 3.93. The molecule has 2 nitrogen and oxygen atoms in total. The Labute approximate surface area is 134 Å². The molecule has 0 N–H and O–H groups in total. The van der Waals surface area contributed by atoms with Crippen LogP contribution in [0, 0.1) is 0 Å². The summed E-state index contributed by atoms with van der Waals surface area (Å²) in [7, 11) is -1.76. The van der Waals surface area contributed by atoms with Crippen LogP contribution >= 0.6 is 22.2 Å². The van der Waals surface area contributed by atoms with Crippen molar-refractivity contribution in [1.82, 2.24) is 0 Å². The lowest BCUT2D eigenvalue weighted by atomic mass is 10.1. The number of carbonyl (C=O) groups is 1. The van der Waals surface area contributed by atoms with Crippen LogP contribution in [0.15, 0.2) is 12.2 Å². The first-order chi connectivity index (χ1) is 9.47.